The van der Waals surface area contributed by atoms with Gasteiger partial charge < -0.3 is 16.0 Å². The van der Waals surface area contributed by atoms with Crippen molar-refractivity contribution in [2.24, 2.45) is 5.92 Å². The Morgan fingerprint density at radius 2 is 2.00 bits per heavy atom. The van der Waals surface area contributed by atoms with Gasteiger partial charge >= 0.3 is 0 Å². The van der Waals surface area contributed by atoms with E-state index < -0.39 is 0 Å². The molecule has 0 saturated heterocycles. The van der Waals surface area contributed by atoms with Crippen LogP contribution in [-0.2, 0) is 20.9 Å². The fourth-order valence-electron chi connectivity index (χ4n) is 2.76. The summed E-state index contributed by atoms with van der Waals surface area (Å²) >= 11 is 1.51. The zero-order chi connectivity index (χ0) is 19.2. The van der Waals surface area contributed by atoms with Gasteiger partial charge in [-0.25, -0.2) is 0 Å². The van der Waals surface area contributed by atoms with Crippen LogP contribution >= 0.6 is 11.3 Å². The molecule has 0 unspecified atom stereocenters. The molecule has 0 aliphatic heterocycles. The summed E-state index contributed by atoms with van der Waals surface area (Å²) < 4.78 is 0. The van der Waals surface area contributed by atoms with Gasteiger partial charge in [0.2, 0.25) is 17.7 Å². The lowest BCUT2D eigenvalue weighted by Crippen LogP contribution is -2.32. The van der Waals surface area contributed by atoms with E-state index in [9.17, 15) is 14.4 Å². The number of benzene rings is 1. The van der Waals surface area contributed by atoms with Crippen molar-refractivity contribution in [3.05, 3.63) is 52.2 Å². The SMILES string of the molecule is CC(=O)N[C@@H](CC(=O)NCc1cccc(NC(=O)C2CC2)c1)c1cccs1. The van der Waals surface area contributed by atoms with E-state index in [1.807, 2.05) is 41.8 Å². The largest absolute Gasteiger partial charge is 0.352 e. The molecular weight excluding hydrogens is 362 g/mol. The number of anilines is 1. The second-order valence-corrected chi connectivity index (χ2v) is 7.69. The molecule has 142 valence electrons. The minimum absolute atomic E-state index is 0.0604. The van der Waals surface area contributed by atoms with Gasteiger partial charge in [-0.15, -0.1) is 11.3 Å². The maximum Gasteiger partial charge on any atom is 0.227 e. The minimum atomic E-state index is -0.327. The lowest BCUT2D eigenvalue weighted by atomic mass is 10.1. The Labute approximate surface area is 162 Å². The van der Waals surface area contributed by atoms with Gasteiger partial charge in [-0.3, -0.25) is 14.4 Å². The first-order valence-corrected chi connectivity index (χ1v) is 9.86. The highest BCUT2D eigenvalue weighted by Crippen LogP contribution is 2.30. The molecule has 7 heteroatoms. The van der Waals surface area contributed by atoms with E-state index in [0.717, 1.165) is 29.0 Å². The Kier molecular flexibility index (Phi) is 6.24. The maximum atomic E-state index is 12.3. The second kappa shape index (κ2) is 8.81. The third-order valence-electron chi connectivity index (χ3n) is 4.29. The molecule has 0 spiro atoms. The average molecular weight is 385 g/mol. The first-order chi connectivity index (χ1) is 13.0. The zero-order valence-corrected chi connectivity index (χ0v) is 16.0. The van der Waals surface area contributed by atoms with Gasteiger partial charge in [0.25, 0.3) is 0 Å². The summed E-state index contributed by atoms with van der Waals surface area (Å²) in [4.78, 5) is 36.6. The number of rotatable bonds is 8. The smallest absolute Gasteiger partial charge is 0.227 e. The van der Waals surface area contributed by atoms with E-state index in [1.165, 1.54) is 18.3 Å². The van der Waals surface area contributed by atoms with Gasteiger partial charge in [0.05, 0.1) is 12.5 Å². The van der Waals surface area contributed by atoms with Crippen LogP contribution in [0, 0.1) is 5.92 Å². The molecule has 1 aliphatic rings. The molecule has 1 aliphatic carbocycles. The number of hydrogen-bond donors (Lipinski definition) is 3. The van der Waals surface area contributed by atoms with Crippen LogP contribution in [0.5, 0.6) is 0 Å². The first kappa shape index (κ1) is 19.1. The summed E-state index contributed by atoms with van der Waals surface area (Å²) in [6, 6.07) is 10.9. The van der Waals surface area contributed by atoms with Crippen LogP contribution in [-0.4, -0.2) is 17.7 Å². The van der Waals surface area contributed by atoms with Crippen LogP contribution in [0.2, 0.25) is 0 Å². The van der Waals surface area contributed by atoms with Crippen LogP contribution in [0.1, 0.15) is 42.7 Å². The summed E-state index contributed by atoms with van der Waals surface area (Å²) in [5.41, 5.74) is 1.65. The lowest BCUT2D eigenvalue weighted by molar-refractivity contribution is -0.123. The lowest BCUT2D eigenvalue weighted by Gasteiger charge is -2.16. The summed E-state index contributed by atoms with van der Waals surface area (Å²) in [6.07, 6.45) is 2.10. The number of hydrogen-bond acceptors (Lipinski definition) is 4. The monoisotopic (exact) mass is 385 g/mol. The molecule has 27 heavy (non-hydrogen) atoms. The summed E-state index contributed by atoms with van der Waals surface area (Å²) in [5.74, 6) is -0.100. The van der Waals surface area contributed by atoms with Crippen LogP contribution in [0.4, 0.5) is 5.69 Å². The topological polar surface area (TPSA) is 87.3 Å². The Bertz CT molecular complexity index is 816. The average Bonchev–Trinajstić information content (AvgIpc) is 3.34. The third-order valence-corrected chi connectivity index (χ3v) is 5.27. The molecule has 3 N–H and O–H groups in total. The van der Waals surface area contributed by atoms with Gasteiger partial charge in [0.15, 0.2) is 0 Å². The quantitative estimate of drug-likeness (QED) is 0.653. The van der Waals surface area contributed by atoms with Crippen molar-refractivity contribution in [2.45, 2.75) is 38.8 Å². The van der Waals surface area contributed by atoms with Crippen molar-refractivity contribution in [1.82, 2.24) is 10.6 Å². The standard InChI is InChI=1S/C20H23N3O3S/c1-13(24)22-17(18-6-3-9-27-18)11-19(25)21-12-14-4-2-5-16(10-14)23-20(26)15-7-8-15/h2-6,9-10,15,17H,7-8,11-12H2,1H3,(H,21,25)(H,22,24)(H,23,26)/t17-/m0/s1. The Balaban J connectivity index is 1.53. The molecule has 0 bridgehead atoms. The molecule has 3 rings (SSSR count). The first-order valence-electron chi connectivity index (χ1n) is 8.98. The van der Waals surface area contributed by atoms with Crippen LogP contribution in [0.25, 0.3) is 0 Å². The van der Waals surface area contributed by atoms with E-state index in [1.54, 1.807) is 0 Å². The third kappa shape index (κ3) is 5.92. The Morgan fingerprint density at radius 1 is 1.19 bits per heavy atom. The van der Waals surface area contributed by atoms with E-state index in [-0.39, 0.29) is 36.1 Å². The Morgan fingerprint density at radius 3 is 2.67 bits per heavy atom. The molecule has 0 radical (unpaired) electrons. The van der Waals surface area contributed by atoms with Gasteiger partial charge in [-0.1, -0.05) is 18.2 Å². The fraction of sp³-hybridized carbons (Fsp3) is 0.350. The summed E-state index contributed by atoms with van der Waals surface area (Å²) in [7, 11) is 0. The zero-order valence-electron chi connectivity index (χ0n) is 15.2. The van der Waals surface area contributed by atoms with E-state index >= 15 is 0 Å². The number of nitrogens with one attached hydrogen (secondary N) is 3. The van der Waals surface area contributed by atoms with Gasteiger partial charge in [0, 0.05) is 30.0 Å². The van der Waals surface area contributed by atoms with Crippen molar-refractivity contribution in [2.75, 3.05) is 5.32 Å². The van der Waals surface area contributed by atoms with Crippen LogP contribution in [0.15, 0.2) is 41.8 Å². The predicted molar refractivity (Wildman–Crippen MR) is 105 cm³/mol. The van der Waals surface area contributed by atoms with Crippen molar-refractivity contribution in [3.8, 4) is 0 Å². The summed E-state index contributed by atoms with van der Waals surface area (Å²) in [5, 5.41) is 10.5. The number of carbonyl (C=O) groups excluding carboxylic acids is 3. The highest BCUT2D eigenvalue weighted by molar-refractivity contribution is 7.10. The van der Waals surface area contributed by atoms with Crippen LogP contribution in [0.3, 0.4) is 0 Å². The number of carbonyl (C=O) groups is 3. The molecule has 2 aromatic rings. The maximum absolute atomic E-state index is 12.3. The molecular formula is C20H23N3O3S. The molecule has 3 amide bonds. The summed E-state index contributed by atoms with van der Waals surface area (Å²) in [6.45, 7) is 1.81. The molecule has 1 fully saturated rings. The molecule has 1 heterocycles. The minimum Gasteiger partial charge on any atom is -0.352 e. The van der Waals surface area contributed by atoms with Crippen molar-refractivity contribution >= 4 is 34.7 Å². The van der Waals surface area contributed by atoms with Crippen molar-refractivity contribution in [3.63, 3.8) is 0 Å². The molecule has 1 aromatic carbocycles. The number of amides is 3. The molecule has 1 saturated carbocycles. The van der Waals surface area contributed by atoms with Gasteiger partial charge in [-0.2, -0.15) is 0 Å². The normalized spacial score (nSPS) is 14.3. The van der Waals surface area contributed by atoms with E-state index in [2.05, 4.69) is 16.0 Å². The second-order valence-electron chi connectivity index (χ2n) is 6.71. The molecule has 1 atom stereocenters. The highest BCUT2D eigenvalue weighted by atomic mass is 32.1. The van der Waals surface area contributed by atoms with Gasteiger partial charge in [0.1, 0.15) is 0 Å². The van der Waals surface area contributed by atoms with Gasteiger partial charge in [-0.05, 0) is 42.0 Å². The molecule has 6 nitrogen and oxygen atoms in total. The molecule has 1 aromatic heterocycles. The van der Waals surface area contributed by atoms with Crippen molar-refractivity contribution in [1.29, 1.82) is 0 Å². The van der Waals surface area contributed by atoms with Crippen LogP contribution < -0.4 is 16.0 Å². The number of thiophene rings is 1. The predicted octanol–water partition coefficient (Wildman–Crippen LogP) is 2.98. The van der Waals surface area contributed by atoms with Crippen molar-refractivity contribution < 1.29 is 14.4 Å². The van der Waals surface area contributed by atoms with E-state index in [4.69, 9.17) is 0 Å². The fourth-order valence-corrected chi connectivity index (χ4v) is 3.54. The van der Waals surface area contributed by atoms with E-state index in [0.29, 0.717) is 6.54 Å². The highest BCUT2D eigenvalue weighted by Gasteiger charge is 2.29. The Hall–Kier alpha value is -2.67.